The molecule has 6 nitrogen and oxygen atoms in total. The van der Waals surface area contributed by atoms with Crippen molar-refractivity contribution < 1.29 is 24.2 Å². The summed E-state index contributed by atoms with van der Waals surface area (Å²) in [5, 5.41) is 13.9. The molecule has 3 rings (SSSR count). The number of nitrogens with one attached hydrogen (secondary N) is 1. The summed E-state index contributed by atoms with van der Waals surface area (Å²) in [6.45, 7) is 0.674. The first-order valence-corrected chi connectivity index (χ1v) is 7.67. The summed E-state index contributed by atoms with van der Waals surface area (Å²) < 4.78 is 10.6. The molecule has 0 bridgehead atoms. The summed E-state index contributed by atoms with van der Waals surface area (Å²) in [7, 11) is 0. The zero-order valence-electron chi connectivity index (χ0n) is 12.6. The molecule has 6 heteroatoms. The standard InChI is InChI=1S/C17H19NO5/c19-16(12-3-1-2-4-13(12)17(20)21)18-8-7-11-5-6-14-15(9-11)23-10-22-14/h1-2,5-6,9,12-13H,3-4,7-8,10H2,(H,18,19)(H,20,21)/p-1/t12-,13+/m0/s1. The molecule has 2 atom stereocenters. The number of rotatable bonds is 5. The lowest BCUT2D eigenvalue weighted by molar-refractivity contribution is -0.313. The van der Waals surface area contributed by atoms with Crippen LogP contribution in [0.4, 0.5) is 0 Å². The van der Waals surface area contributed by atoms with Crippen LogP contribution in [0.15, 0.2) is 30.4 Å². The van der Waals surface area contributed by atoms with Gasteiger partial charge in [0.25, 0.3) is 0 Å². The van der Waals surface area contributed by atoms with Crippen molar-refractivity contribution >= 4 is 11.9 Å². The first-order chi connectivity index (χ1) is 11.1. The fourth-order valence-electron chi connectivity index (χ4n) is 2.92. The van der Waals surface area contributed by atoms with E-state index in [0.717, 1.165) is 11.3 Å². The molecule has 0 saturated heterocycles. The minimum Gasteiger partial charge on any atom is -0.550 e. The minimum atomic E-state index is -1.16. The lowest BCUT2D eigenvalue weighted by atomic mass is 9.82. The molecule has 1 N–H and O–H groups in total. The summed E-state index contributed by atoms with van der Waals surface area (Å²) in [4.78, 5) is 23.3. The van der Waals surface area contributed by atoms with E-state index in [1.54, 1.807) is 6.08 Å². The number of hydrogen-bond acceptors (Lipinski definition) is 5. The average molecular weight is 316 g/mol. The Bertz CT molecular complexity index is 640. The summed E-state index contributed by atoms with van der Waals surface area (Å²) in [5.41, 5.74) is 1.02. The third-order valence-corrected chi connectivity index (χ3v) is 4.22. The molecule has 0 spiro atoms. The van der Waals surface area contributed by atoms with Crippen LogP contribution in [0.2, 0.25) is 0 Å². The molecule has 1 aromatic carbocycles. The van der Waals surface area contributed by atoms with Crippen molar-refractivity contribution in [3.8, 4) is 11.5 Å². The van der Waals surface area contributed by atoms with Crippen LogP contribution in [0.1, 0.15) is 18.4 Å². The molecule has 0 aromatic heterocycles. The number of amides is 1. The fourth-order valence-corrected chi connectivity index (χ4v) is 2.92. The molecule has 1 aliphatic heterocycles. The van der Waals surface area contributed by atoms with Crippen molar-refractivity contribution in [3.63, 3.8) is 0 Å². The molecule has 23 heavy (non-hydrogen) atoms. The normalized spacial score (nSPS) is 21.9. The van der Waals surface area contributed by atoms with E-state index in [-0.39, 0.29) is 12.7 Å². The Hall–Kier alpha value is -2.50. The maximum absolute atomic E-state index is 12.2. The van der Waals surface area contributed by atoms with Crippen LogP contribution in [0.3, 0.4) is 0 Å². The highest BCUT2D eigenvalue weighted by atomic mass is 16.7. The van der Waals surface area contributed by atoms with Crippen LogP contribution in [0.25, 0.3) is 0 Å². The quantitative estimate of drug-likeness (QED) is 0.795. The highest BCUT2D eigenvalue weighted by Gasteiger charge is 2.29. The van der Waals surface area contributed by atoms with Crippen molar-refractivity contribution in [3.05, 3.63) is 35.9 Å². The van der Waals surface area contributed by atoms with Crippen LogP contribution in [-0.2, 0) is 16.0 Å². The molecule has 0 saturated carbocycles. The number of carboxylic acids is 1. The lowest BCUT2D eigenvalue weighted by Gasteiger charge is -2.28. The SMILES string of the molecule is O=C(NCCc1ccc2c(c1)OCO2)[C@H]1CC=CC[C@H]1C(=O)[O-]. The number of ether oxygens (including phenoxy) is 2. The van der Waals surface area contributed by atoms with Gasteiger partial charge in [0.1, 0.15) is 0 Å². The Balaban J connectivity index is 1.53. The van der Waals surface area contributed by atoms with E-state index >= 15 is 0 Å². The van der Waals surface area contributed by atoms with E-state index < -0.39 is 17.8 Å². The number of carbonyl (C=O) groups excluding carboxylic acids is 2. The Labute approximate surface area is 134 Å². The molecule has 0 fully saturated rings. The van der Waals surface area contributed by atoms with Crippen molar-refractivity contribution in [1.29, 1.82) is 0 Å². The predicted octanol–water partition coefficient (Wildman–Crippen LogP) is 0.406. The summed E-state index contributed by atoms with van der Waals surface area (Å²) in [5.74, 6) is -1.26. The fraction of sp³-hybridized carbons (Fsp3) is 0.412. The first kappa shape index (κ1) is 15.4. The second-order valence-electron chi connectivity index (χ2n) is 5.70. The number of aliphatic carboxylic acids is 1. The van der Waals surface area contributed by atoms with Gasteiger partial charge in [-0.2, -0.15) is 0 Å². The highest BCUT2D eigenvalue weighted by Crippen LogP contribution is 2.32. The van der Waals surface area contributed by atoms with E-state index in [9.17, 15) is 14.7 Å². The van der Waals surface area contributed by atoms with Gasteiger partial charge in [-0.15, -0.1) is 0 Å². The maximum atomic E-state index is 12.2. The third-order valence-electron chi connectivity index (χ3n) is 4.22. The molecule has 0 radical (unpaired) electrons. The summed E-state index contributed by atoms with van der Waals surface area (Å²) >= 11 is 0. The second-order valence-corrected chi connectivity index (χ2v) is 5.70. The number of benzene rings is 1. The predicted molar refractivity (Wildman–Crippen MR) is 79.6 cm³/mol. The van der Waals surface area contributed by atoms with Gasteiger partial charge in [0.15, 0.2) is 11.5 Å². The lowest BCUT2D eigenvalue weighted by Crippen LogP contribution is -2.44. The minimum absolute atomic E-state index is 0.231. The van der Waals surface area contributed by atoms with E-state index in [1.807, 2.05) is 24.3 Å². The molecular weight excluding hydrogens is 298 g/mol. The molecule has 1 aromatic rings. The molecular formula is C17H18NO5-. The van der Waals surface area contributed by atoms with Crippen LogP contribution in [0, 0.1) is 11.8 Å². The van der Waals surface area contributed by atoms with Crippen molar-refractivity contribution in [2.45, 2.75) is 19.3 Å². The van der Waals surface area contributed by atoms with Gasteiger partial charge in [0.2, 0.25) is 12.7 Å². The smallest absolute Gasteiger partial charge is 0.231 e. The average Bonchev–Trinajstić information content (AvgIpc) is 3.02. The highest BCUT2D eigenvalue weighted by molar-refractivity contribution is 5.84. The summed E-state index contributed by atoms with van der Waals surface area (Å²) in [6.07, 6.45) is 5.07. The number of fused-ring (bicyclic) bond motifs is 1. The van der Waals surface area contributed by atoms with E-state index in [1.165, 1.54) is 0 Å². The number of allylic oxidation sites excluding steroid dienone is 2. The molecule has 1 heterocycles. The zero-order chi connectivity index (χ0) is 16.2. The number of carbonyl (C=O) groups is 2. The third kappa shape index (κ3) is 3.47. The first-order valence-electron chi connectivity index (χ1n) is 7.67. The largest absolute Gasteiger partial charge is 0.550 e. The molecule has 122 valence electrons. The Morgan fingerprint density at radius 2 is 1.87 bits per heavy atom. The molecule has 0 unspecified atom stereocenters. The van der Waals surface area contributed by atoms with Gasteiger partial charge in [-0.25, -0.2) is 0 Å². The van der Waals surface area contributed by atoms with Gasteiger partial charge in [-0.3, -0.25) is 4.79 Å². The molecule has 1 aliphatic carbocycles. The van der Waals surface area contributed by atoms with Gasteiger partial charge in [0.05, 0.1) is 0 Å². The van der Waals surface area contributed by atoms with Crippen molar-refractivity contribution in [1.82, 2.24) is 5.32 Å². The van der Waals surface area contributed by atoms with Crippen LogP contribution in [0.5, 0.6) is 11.5 Å². The van der Waals surface area contributed by atoms with Crippen molar-refractivity contribution in [2.24, 2.45) is 11.8 Å². The second kappa shape index (κ2) is 6.73. The van der Waals surface area contributed by atoms with Gasteiger partial charge in [0, 0.05) is 24.3 Å². The van der Waals surface area contributed by atoms with Gasteiger partial charge in [-0.1, -0.05) is 18.2 Å². The molecule has 1 amide bonds. The molecule has 2 aliphatic rings. The van der Waals surface area contributed by atoms with Gasteiger partial charge in [-0.05, 0) is 37.0 Å². The van der Waals surface area contributed by atoms with E-state index in [0.29, 0.717) is 31.6 Å². The zero-order valence-corrected chi connectivity index (χ0v) is 12.6. The van der Waals surface area contributed by atoms with E-state index in [2.05, 4.69) is 5.32 Å². The Kier molecular flexibility index (Phi) is 4.50. The van der Waals surface area contributed by atoms with Crippen LogP contribution in [-0.4, -0.2) is 25.2 Å². The number of hydrogen-bond donors (Lipinski definition) is 1. The summed E-state index contributed by atoms with van der Waals surface area (Å²) in [6, 6.07) is 5.66. The van der Waals surface area contributed by atoms with Crippen LogP contribution < -0.4 is 19.9 Å². The van der Waals surface area contributed by atoms with E-state index in [4.69, 9.17) is 9.47 Å². The Morgan fingerprint density at radius 3 is 2.65 bits per heavy atom. The van der Waals surface area contributed by atoms with Crippen molar-refractivity contribution in [2.75, 3.05) is 13.3 Å². The van der Waals surface area contributed by atoms with Crippen LogP contribution >= 0.6 is 0 Å². The van der Waals surface area contributed by atoms with Gasteiger partial charge < -0.3 is 24.7 Å². The van der Waals surface area contributed by atoms with Gasteiger partial charge >= 0.3 is 0 Å². The number of carboxylic acid groups (broad SMARTS) is 1. The maximum Gasteiger partial charge on any atom is 0.231 e. The topological polar surface area (TPSA) is 87.7 Å². The monoisotopic (exact) mass is 316 g/mol. The Morgan fingerprint density at radius 1 is 1.13 bits per heavy atom.